The van der Waals surface area contributed by atoms with Crippen LogP contribution < -0.4 is 25.6 Å². The lowest BCUT2D eigenvalue weighted by Crippen LogP contribution is -2.48. The topological polar surface area (TPSA) is 417 Å². The molecule has 0 radical (unpaired) electrons. The molecule has 0 bridgehead atoms. The van der Waals surface area contributed by atoms with E-state index in [1.807, 2.05) is 11.8 Å². The van der Waals surface area contributed by atoms with Crippen LogP contribution in [0.1, 0.15) is 67.9 Å². The van der Waals surface area contributed by atoms with Gasteiger partial charge in [0.05, 0.1) is 347 Å². The minimum atomic E-state index is -4.68. The monoisotopic (exact) mass is 2120 g/mol. The number of fused-ring (bicyclic) bond motifs is 1. The maximum Gasteiger partial charge on any atom is 0.487 e. The van der Waals surface area contributed by atoms with Gasteiger partial charge >= 0.3 is 11.7 Å². The number of hydrogen-bond acceptors (Lipinski definition) is 35. The number of H-pyrrole nitrogens is 1. The number of piperidine rings is 1. The lowest BCUT2D eigenvalue weighted by atomic mass is 9.95. The minimum Gasteiger partial charge on any atom is -0.420 e. The summed E-state index contributed by atoms with van der Waals surface area (Å²) in [5, 5.41) is 19.6. The second-order valence-electron chi connectivity index (χ2n) is 32.8. The van der Waals surface area contributed by atoms with Crippen molar-refractivity contribution in [1.82, 2.24) is 44.9 Å². The Labute approximate surface area is 865 Å². The van der Waals surface area contributed by atoms with Gasteiger partial charge in [-0.1, -0.05) is 18.1 Å². The molecule has 41 nitrogen and oxygen atoms in total. The summed E-state index contributed by atoms with van der Waals surface area (Å²) >= 11 is 4.85. The van der Waals surface area contributed by atoms with E-state index >= 15 is 0 Å². The van der Waals surface area contributed by atoms with Crippen molar-refractivity contribution in [1.29, 1.82) is 0 Å². The van der Waals surface area contributed by atoms with E-state index in [4.69, 9.17) is 125 Å². The van der Waals surface area contributed by atoms with Gasteiger partial charge in [-0.3, -0.25) is 29.2 Å². The number of ether oxygens (including phenoxy) is 25. The molecular formula is C101H144ClF5N12O29. The van der Waals surface area contributed by atoms with Crippen LogP contribution in [0.5, 0.6) is 5.75 Å². The number of amides is 4. The van der Waals surface area contributed by atoms with Crippen LogP contribution >= 0.6 is 11.6 Å². The summed E-state index contributed by atoms with van der Waals surface area (Å²) in [6.07, 6.45) is 2.97. The van der Waals surface area contributed by atoms with Crippen LogP contribution in [0.25, 0.3) is 16.9 Å². The van der Waals surface area contributed by atoms with Crippen LogP contribution in [-0.4, -0.2) is 432 Å². The number of benzene rings is 3. The Bertz CT molecular complexity index is 4780. The fourth-order valence-corrected chi connectivity index (χ4v) is 14.3. The Morgan fingerprint density at radius 3 is 1.24 bits per heavy atom. The molecule has 9 rings (SSSR count). The predicted molar refractivity (Wildman–Crippen MR) is 531 cm³/mol. The van der Waals surface area contributed by atoms with Gasteiger partial charge in [0.15, 0.2) is 5.65 Å². The highest BCUT2D eigenvalue weighted by atomic mass is 35.5. The van der Waals surface area contributed by atoms with Crippen molar-refractivity contribution in [3.05, 3.63) is 149 Å². The SMILES string of the molecule is Cc1ccc(C(=O)Nc2ccc(CN3CCN(C(=O)CCOCCOCCOCCOCCOCCOCCOCCOCCOCCOCCOCCOCCOCCOCCOCCOCCOCCOCCOCCOCCOCCOCCOCCOCCNC(=O)C4CCN(c5ncc(C(=O)Nc6ccc(OC(F)(F)Cl)cc6)cc5-c5ccn[nH]5)CC4)CC3)c(C(F)(F)F)c2)cc1C#Cc1cnc2cccnn12. The second-order valence-corrected chi connectivity index (χ2v) is 33.2. The fraction of sp³-hybridized carbons (Fsp3) is 0.624. The Kier molecular flexibility index (Phi) is 62.9. The van der Waals surface area contributed by atoms with E-state index in [9.17, 15) is 41.1 Å². The Balaban J connectivity index is 0.403. The van der Waals surface area contributed by atoms with E-state index in [2.05, 4.69) is 62.7 Å². The molecule has 0 aliphatic carbocycles. The molecule has 2 saturated heterocycles. The number of hydrogen-bond donors (Lipinski definition) is 4. The molecule has 3 aromatic carbocycles. The van der Waals surface area contributed by atoms with Crippen molar-refractivity contribution in [2.45, 2.75) is 44.5 Å². The van der Waals surface area contributed by atoms with Crippen molar-refractivity contribution >= 4 is 58.1 Å². The lowest BCUT2D eigenvalue weighted by molar-refractivity contribution is -0.138. The number of nitrogens with one attached hydrogen (secondary N) is 4. The summed E-state index contributed by atoms with van der Waals surface area (Å²) in [5.41, 5.74) is 0.0785. The van der Waals surface area contributed by atoms with Gasteiger partial charge < -0.3 is 144 Å². The fourth-order valence-electron chi connectivity index (χ4n) is 14.2. The van der Waals surface area contributed by atoms with Gasteiger partial charge in [-0.25, -0.2) is 14.5 Å². The zero-order valence-electron chi connectivity index (χ0n) is 84.4. The third kappa shape index (κ3) is 53.6. The maximum absolute atomic E-state index is 14.5. The molecule has 4 N–H and O–H groups in total. The lowest BCUT2D eigenvalue weighted by Gasteiger charge is -2.35. The molecule has 2 aliphatic heterocycles. The zero-order valence-corrected chi connectivity index (χ0v) is 85.1. The average Bonchev–Trinajstić information content (AvgIpc) is 1.42. The van der Waals surface area contributed by atoms with Crippen LogP contribution in [-0.2, 0) is 136 Å². The smallest absolute Gasteiger partial charge is 0.420 e. The number of imidazole rings is 1. The highest BCUT2D eigenvalue weighted by molar-refractivity contribution is 6.20. The number of piperazine rings is 1. The van der Waals surface area contributed by atoms with Gasteiger partial charge in [0.2, 0.25) is 11.8 Å². The number of pyridine rings is 1. The first kappa shape index (κ1) is 122. The molecule has 0 saturated carbocycles. The second kappa shape index (κ2) is 76.2. The number of rotatable bonds is 86. The highest BCUT2D eigenvalue weighted by Gasteiger charge is 2.36. The zero-order chi connectivity index (χ0) is 104. The number of anilines is 3. The van der Waals surface area contributed by atoms with E-state index in [0.29, 0.717) is 409 Å². The Morgan fingerprint density at radius 2 is 0.831 bits per heavy atom. The quantitative estimate of drug-likeness (QED) is 0.0120. The molecule has 0 unspecified atom stereocenters. The third-order valence-corrected chi connectivity index (χ3v) is 22.0. The number of aryl methyl sites for hydroxylation is 1. The summed E-state index contributed by atoms with van der Waals surface area (Å²) in [6, 6.07) is 21.1. The summed E-state index contributed by atoms with van der Waals surface area (Å²) in [5.74, 6) is 5.20. The highest BCUT2D eigenvalue weighted by Crippen LogP contribution is 2.36. The van der Waals surface area contributed by atoms with Crippen molar-refractivity contribution in [3.63, 3.8) is 0 Å². The van der Waals surface area contributed by atoms with Crippen LogP contribution in [0.4, 0.5) is 39.1 Å². The van der Waals surface area contributed by atoms with E-state index in [-0.39, 0.29) is 65.4 Å². The molecule has 2 fully saturated rings. The van der Waals surface area contributed by atoms with Crippen molar-refractivity contribution in [3.8, 4) is 28.8 Å². The number of halogens is 6. The van der Waals surface area contributed by atoms with Gasteiger partial charge in [0, 0.05) is 117 Å². The molecule has 7 aromatic rings. The number of carbonyl (C=O) groups is 4. The van der Waals surface area contributed by atoms with E-state index in [1.165, 1.54) is 42.6 Å². The normalized spacial score (nSPS) is 13.3. The number of alkyl halides is 6. The first-order valence-electron chi connectivity index (χ1n) is 49.9. The van der Waals surface area contributed by atoms with Crippen LogP contribution in [0.15, 0.2) is 110 Å². The first-order chi connectivity index (χ1) is 72.4. The number of nitrogens with zero attached hydrogens (tertiary/aromatic N) is 8. The first-order valence-corrected chi connectivity index (χ1v) is 50.3. The Hall–Kier alpha value is -9.38. The van der Waals surface area contributed by atoms with Gasteiger partial charge in [-0.15, -0.1) is 8.78 Å². The molecule has 148 heavy (non-hydrogen) atoms. The molecule has 4 aromatic heterocycles. The molecule has 6 heterocycles. The summed E-state index contributed by atoms with van der Waals surface area (Å²) < 4.78 is 209. The van der Waals surface area contributed by atoms with Crippen molar-refractivity contribution < 1.29 is 160 Å². The van der Waals surface area contributed by atoms with Gasteiger partial charge in [0.1, 0.15) is 17.3 Å². The molecule has 4 amide bonds. The van der Waals surface area contributed by atoms with Crippen LogP contribution in [0, 0.1) is 24.7 Å². The molecule has 2 aliphatic rings. The Morgan fingerprint density at radius 1 is 0.426 bits per heavy atom. The molecule has 824 valence electrons. The number of aromatic nitrogens is 6. The van der Waals surface area contributed by atoms with E-state index < -0.39 is 29.1 Å². The standard InChI is InChI=1S/C101H144ClF5N12O29/c1-81-4-5-84(75-83(81)7-11-89-79-109-94-3-2-18-112-119(89)94)98(122)114-88-8-6-85(92(77-88)100(103,104)105)80-116-23-25-117(26-24-116)95(120)17-27-124-29-31-126-33-35-128-37-39-130-41-43-132-45-47-134-49-51-136-53-55-138-57-59-140-61-63-142-65-67-144-69-71-146-73-74-147-72-70-145-68-66-143-64-62-141-60-58-139-56-54-137-52-50-135-48-46-133-44-42-131-40-38-129-36-34-127-32-30-125-28-20-108-97(121)82-15-21-118(22-16-82)96-91(93-14-19-111-115-93)76-86(78-110-96)99(123)113-87-9-12-90(13-10-87)148-101(102,106)107/h2-6,8-10,12-14,18-19,75-79,82H,15-17,20-74,80H2,1H3,(H,108,121)(H,111,115)(H,113,123)(H,114,122). The third-order valence-electron chi connectivity index (χ3n) is 21.9. The van der Waals surface area contributed by atoms with Gasteiger partial charge in [-0.2, -0.15) is 23.4 Å². The predicted octanol–water partition coefficient (Wildman–Crippen LogP) is 8.38. The molecule has 0 atom stereocenters. The van der Waals surface area contributed by atoms with Crippen molar-refractivity contribution in [2.24, 2.45) is 5.92 Å². The van der Waals surface area contributed by atoms with Gasteiger partial charge in [0.25, 0.3) is 11.8 Å². The van der Waals surface area contributed by atoms with E-state index in [1.54, 1.807) is 70.5 Å². The summed E-state index contributed by atoms with van der Waals surface area (Å²) in [6.45, 7) is 25.2. The van der Waals surface area contributed by atoms with Crippen molar-refractivity contribution in [2.75, 3.05) is 378 Å². The maximum atomic E-state index is 14.5. The average molecular weight is 2120 g/mol. The molecule has 47 heteroatoms. The number of carbonyl (C=O) groups excluding carboxylic acids is 4. The van der Waals surface area contributed by atoms with Gasteiger partial charge in [-0.05, 0) is 110 Å². The van der Waals surface area contributed by atoms with Crippen LogP contribution in [0.2, 0.25) is 0 Å². The molecular weight excluding hydrogens is 1980 g/mol. The molecule has 0 spiro atoms. The largest absolute Gasteiger partial charge is 0.487 e. The number of aromatic amines is 1. The summed E-state index contributed by atoms with van der Waals surface area (Å²) in [7, 11) is 0. The van der Waals surface area contributed by atoms with E-state index in [0.717, 1.165) is 11.6 Å². The minimum absolute atomic E-state index is 0.00266. The van der Waals surface area contributed by atoms with Crippen LogP contribution in [0.3, 0.4) is 0 Å². The summed E-state index contributed by atoms with van der Waals surface area (Å²) in [4.78, 5) is 67.1.